The van der Waals surface area contributed by atoms with E-state index in [1.165, 1.54) is 29.3 Å². The molecule has 2 aromatic carbocycles. The van der Waals surface area contributed by atoms with E-state index < -0.39 is 10.0 Å². The van der Waals surface area contributed by atoms with Gasteiger partial charge in [0.15, 0.2) is 0 Å². The first-order chi connectivity index (χ1) is 14.2. The maximum Gasteiger partial charge on any atom is 0.264 e. The Kier molecular flexibility index (Phi) is 5.82. The van der Waals surface area contributed by atoms with Gasteiger partial charge in [-0.1, -0.05) is 24.1 Å². The quantitative estimate of drug-likeness (QED) is 0.712. The molecule has 0 aliphatic heterocycles. The summed E-state index contributed by atoms with van der Waals surface area (Å²) in [7, 11) is -3.93. The van der Waals surface area contributed by atoms with E-state index in [1.807, 2.05) is 26.0 Å². The van der Waals surface area contributed by atoms with Gasteiger partial charge >= 0.3 is 0 Å². The number of amides is 1. The third-order valence-electron chi connectivity index (χ3n) is 6.55. The molecule has 0 aromatic heterocycles. The summed E-state index contributed by atoms with van der Waals surface area (Å²) in [5, 5.41) is 3.56. The van der Waals surface area contributed by atoms with Crippen molar-refractivity contribution in [2.45, 2.75) is 50.5 Å². The minimum atomic E-state index is -3.93. The minimum absolute atomic E-state index is 0.109. The number of hydrogen-bond donors (Lipinski definition) is 1. The van der Waals surface area contributed by atoms with Crippen LogP contribution in [0, 0.1) is 25.7 Å². The van der Waals surface area contributed by atoms with Gasteiger partial charge in [-0.25, -0.2) is 8.42 Å². The van der Waals surface area contributed by atoms with Crippen molar-refractivity contribution in [3.05, 3.63) is 58.6 Å². The summed E-state index contributed by atoms with van der Waals surface area (Å²) in [5.41, 5.74) is 2.52. The third kappa shape index (κ3) is 4.21. The maximum absolute atomic E-state index is 13.4. The summed E-state index contributed by atoms with van der Waals surface area (Å²) < 4.78 is 28.1. The van der Waals surface area contributed by atoms with Crippen molar-refractivity contribution in [2.75, 3.05) is 10.8 Å². The van der Waals surface area contributed by atoms with E-state index in [-0.39, 0.29) is 23.4 Å². The van der Waals surface area contributed by atoms with Gasteiger partial charge in [-0.05, 0) is 92.5 Å². The molecule has 2 aliphatic rings. The van der Waals surface area contributed by atoms with Crippen molar-refractivity contribution in [1.82, 2.24) is 5.32 Å². The Morgan fingerprint density at radius 2 is 1.80 bits per heavy atom. The Morgan fingerprint density at radius 1 is 1.07 bits per heavy atom. The molecule has 0 spiro atoms. The first-order valence-electron chi connectivity index (χ1n) is 10.4. The van der Waals surface area contributed by atoms with Crippen LogP contribution in [-0.2, 0) is 14.8 Å². The van der Waals surface area contributed by atoms with Gasteiger partial charge in [0, 0.05) is 11.1 Å². The van der Waals surface area contributed by atoms with Gasteiger partial charge in [-0.3, -0.25) is 9.10 Å². The monoisotopic (exact) mass is 446 g/mol. The number of nitrogens with zero attached hydrogens (tertiary/aromatic N) is 1. The van der Waals surface area contributed by atoms with Crippen LogP contribution >= 0.6 is 11.6 Å². The Labute approximate surface area is 183 Å². The molecule has 30 heavy (non-hydrogen) atoms. The molecule has 5 nitrogen and oxygen atoms in total. The van der Waals surface area contributed by atoms with Gasteiger partial charge in [0.2, 0.25) is 5.91 Å². The van der Waals surface area contributed by atoms with Crippen LogP contribution in [0.3, 0.4) is 0 Å². The fourth-order valence-electron chi connectivity index (χ4n) is 4.73. The second kappa shape index (κ2) is 8.23. The summed E-state index contributed by atoms with van der Waals surface area (Å²) >= 11 is 5.93. The van der Waals surface area contributed by atoms with Gasteiger partial charge in [-0.2, -0.15) is 0 Å². The van der Waals surface area contributed by atoms with E-state index in [0.29, 0.717) is 22.5 Å². The van der Waals surface area contributed by atoms with Gasteiger partial charge in [-0.15, -0.1) is 0 Å². The Hall–Kier alpha value is -2.05. The molecule has 4 rings (SSSR count). The summed E-state index contributed by atoms with van der Waals surface area (Å²) in [4.78, 5) is 13.0. The number of halogens is 1. The lowest BCUT2D eigenvalue weighted by Crippen LogP contribution is -2.46. The number of carbonyl (C=O) groups excluding carboxylic acids is 1. The topological polar surface area (TPSA) is 66.5 Å². The molecule has 1 amide bonds. The van der Waals surface area contributed by atoms with Crippen LogP contribution in [0.1, 0.15) is 36.8 Å². The highest BCUT2D eigenvalue weighted by Gasteiger charge is 2.40. The van der Waals surface area contributed by atoms with Gasteiger partial charge in [0.05, 0.1) is 10.6 Å². The molecule has 2 bridgehead atoms. The smallest absolute Gasteiger partial charge is 0.264 e. The molecule has 2 aromatic rings. The normalized spacial score (nSPS) is 22.8. The highest BCUT2D eigenvalue weighted by Crippen LogP contribution is 2.44. The number of benzene rings is 2. The average molecular weight is 447 g/mol. The van der Waals surface area contributed by atoms with Crippen molar-refractivity contribution >= 4 is 33.2 Å². The summed E-state index contributed by atoms with van der Waals surface area (Å²) in [6.07, 6.45) is 4.58. The molecular formula is C23H27ClN2O3S. The van der Waals surface area contributed by atoms with E-state index >= 15 is 0 Å². The van der Waals surface area contributed by atoms with Crippen LogP contribution in [0.5, 0.6) is 0 Å². The predicted molar refractivity (Wildman–Crippen MR) is 119 cm³/mol. The number of carbonyl (C=O) groups is 1. The molecule has 2 saturated carbocycles. The SMILES string of the molecule is Cc1ccc(N(CC(=O)N[C@@H]2C[C@H]3CC[C@H]2C3)S(=O)(=O)c2ccc(Cl)cc2)cc1C. The first-order valence-corrected chi connectivity index (χ1v) is 12.2. The fourth-order valence-corrected chi connectivity index (χ4v) is 6.27. The first kappa shape index (κ1) is 21.2. The summed E-state index contributed by atoms with van der Waals surface area (Å²) in [6.45, 7) is 3.65. The van der Waals surface area contributed by atoms with Gasteiger partial charge < -0.3 is 5.32 Å². The van der Waals surface area contributed by atoms with Crippen molar-refractivity contribution in [2.24, 2.45) is 11.8 Å². The van der Waals surface area contributed by atoms with E-state index in [9.17, 15) is 13.2 Å². The number of rotatable bonds is 6. The van der Waals surface area contributed by atoms with Crippen molar-refractivity contribution in [3.63, 3.8) is 0 Å². The van der Waals surface area contributed by atoms with Gasteiger partial charge in [0.25, 0.3) is 10.0 Å². The molecule has 160 valence electrons. The lowest BCUT2D eigenvalue weighted by Gasteiger charge is -2.27. The Bertz CT molecular complexity index is 1050. The van der Waals surface area contributed by atoms with E-state index in [2.05, 4.69) is 5.32 Å². The van der Waals surface area contributed by atoms with Gasteiger partial charge in [0.1, 0.15) is 6.54 Å². The zero-order chi connectivity index (χ0) is 21.5. The number of nitrogens with one attached hydrogen (secondary N) is 1. The molecule has 0 unspecified atom stereocenters. The van der Waals surface area contributed by atoms with Crippen molar-refractivity contribution < 1.29 is 13.2 Å². The lowest BCUT2D eigenvalue weighted by atomic mass is 9.95. The number of hydrogen-bond acceptors (Lipinski definition) is 3. The minimum Gasteiger partial charge on any atom is -0.352 e. The number of sulfonamides is 1. The molecule has 2 fully saturated rings. The average Bonchev–Trinajstić information content (AvgIpc) is 3.32. The molecule has 0 saturated heterocycles. The molecule has 0 radical (unpaired) electrons. The largest absolute Gasteiger partial charge is 0.352 e. The molecular weight excluding hydrogens is 420 g/mol. The molecule has 7 heteroatoms. The van der Waals surface area contributed by atoms with Crippen LogP contribution in [0.15, 0.2) is 47.4 Å². The predicted octanol–water partition coefficient (Wildman–Crippen LogP) is 4.46. The molecule has 1 N–H and O–H groups in total. The molecule has 0 heterocycles. The Balaban J connectivity index is 1.62. The van der Waals surface area contributed by atoms with E-state index in [0.717, 1.165) is 24.0 Å². The highest BCUT2D eigenvalue weighted by atomic mass is 35.5. The number of aryl methyl sites for hydroxylation is 2. The zero-order valence-electron chi connectivity index (χ0n) is 17.3. The summed E-state index contributed by atoms with van der Waals surface area (Å²) in [6, 6.07) is 11.6. The molecule has 3 atom stereocenters. The van der Waals surface area contributed by atoms with Crippen molar-refractivity contribution in [1.29, 1.82) is 0 Å². The Morgan fingerprint density at radius 3 is 2.40 bits per heavy atom. The van der Waals surface area contributed by atoms with E-state index in [1.54, 1.807) is 18.2 Å². The number of anilines is 1. The molecule has 2 aliphatic carbocycles. The fraction of sp³-hybridized carbons (Fsp3) is 0.435. The maximum atomic E-state index is 13.4. The van der Waals surface area contributed by atoms with Crippen LogP contribution in [0.2, 0.25) is 5.02 Å². The third-order valence-corrected chi connectivity index (χ3v) is 8.59. The standard InChI is InChI=1S/C23H27ClN2O3S/c1-15-3-8-20(11-16(15)2)26(30(28,29)21-9-6-19(24)7-10-21)14-23(27)25-22-13-17-4-5-18(22)12-17/h3,6-11,17-18,22H,4-5,12-14H2,1-2H3,(H,25,27)/t17-,18-,22+/m0/s1. The van der Waals surface area contributed by atoms with Crippen LogP contribution in [0.25, 0.3) is 0 Å². The highest BCUT2D eigenvalue weighted by molar-refractivity contribution is 7.92. The zero-order valence-corrected chi connectivity index (χ0v) is 18.8. The van der Waals surface area contributed by atoms with Crippen LogP contribution in [0.4, 0.5) is 5.69 Å². The van der Waals surface area contributed by atoms with Crippen LogP contribution < -0.4 is 9.62 Å². The second-order valence-corrected chi connectivity index (χ2v) is 10.9. The lowest BCUT2D eigenvalue weighted by molar-refractivity contribution is -0.120. The van der Waals surface area contributed by atoms with E-state index in [4.69, 9.17) is 11.6 Å². The van der Waals surface area contributed by atoms with Crippen molar-refractivity contribution in [3.8, 4) is 0 Å². The second-order valence-electron chi connectivity index (χ2n) is 8.58. The summed E-state index contributed by atoms with van der Waals surface area (Å²) in [5.74, 6) is 0.971. The van der Waals surface area contributed by atoms with Crippen LogP contribution in [-0.4, -0.2) is 26.9 Å². The number of fused-ring (bicyclic) bond motifs is 2.